The van der Waals surface area contributed by atoms with E-state index in [-0.39, 0.29) is 45.7 Å². The molecule has 1 aliphatic rings. The van der Waals surface area contributed by atoms with Gasteiger partial charge in [0.2, 0.25) is 0 Å². The molecule has 4 N–H and O–H groups in total. The molecule has 0 spiro atoms. The van der Waals surface area contributed by atoms with Crippen LogP contribution < -0.4 is 21.5 Å². The first-order valence-corrected chi connectivity index (χ1v) is 13.2. The van der Waals surface area contributed by atoms with Crippen LogP contribution in [0.1, 0.15) is 30.1 Å². The standard InChI is InChI=1S/C28H24Cl2N6O4/c1-2-36-27(39)24(33-28(40)34-25-21(29)13-31-14-22(25)30)12-23(35-36)16-5-3-4-15(8-16)17-9-18(11-20(37)10-17)26(38)32-19-6-7-19/h3-5,8-14,19,37H,2,6-7H2,1H3,(H,32,38)(H2,31,33,34,40). The lowest BCUT2D eigenvalue weighted by Gasteiger charge is -2.13. The molecular weight excluding hydrogens is 555 g/mol. The fourth-order valence-electron chi connectivity index (χ4n) is 4.05. The summed E-state index contributed by atoms with van der Waals surface area (Å²) >= 11 is 12.2. The fourth-order valence-corrected chi connectivity index (χ4v) is 4.51. The van der Waals surface area contributed by atoms with Crippen LogP contribution in [0.3, 0.4) is 0 Å². The maximum absolute atomic E-state index is 12.9. The van der Waals surface area contributed by atoms with E-state index in [4.69, 9.17) is 23.2 Å². The van der Waals surface area contributed by atoms with Crippen molar-refractivity contribution in [3.63, 3.8) is 0 Å². The quantitative estimate of drug-likeness (QED) is 0.227. The number of halogens is 2. The number of carbonyl (C=O) groups excluding carboxylic acids is 2. The van der Waals surface area contributed by atoms with Gasteiger partial charge in [0.1, 0.15) is 11.4 Å². The summed E-state index contributed by atoms with van der Waals surface area (Å²) in [6.45, 7) is 2.02. The summed E-state index contributed by atoms with van der Waals surface area (Å²) in [7, 11) is 0. The van der Waals surface area contributed by atoms with Gasteiger partial charge in [0.15, 0.2) is 0 Å². The normalized spacial score (nSPS) is 12.6. The first-order chi connectivity index (χ1) is 19.2. The van der Waals surface area contributed by atoms with Gasteiger partial charge in [-0.25, -0.2) is 9.48 Å². The van der Waals surface area contributed by atoms with E-state index < -0.39 is 11.6 Å². The Hall–Kier alpha value is -4.41. The number of benzene rings is 2. The number of pyridine rings is 1. The predicted molar refractivity (Wildman–Crippen MR) is 154 cm³/mol. The Balaban J connectivity index is 1.45. The highest BCUT2D eigenvalue weighted by atomic mass is 35.5. The van der Waals surface area contributed by atoms with Gasteiger partial charge in [-0.2, -0.15) is 5.10 Å². The summed E-state index contributed by atoms with van der Waals surface area (Å²) < 4.78 is 1.23. The number of aryl methyl sites for hydroxylation is 1. The number of aromatic hydroxyl groups is 1. The molecule has 2 heterocycles. The van der Waals surface area contributed by atoms with E-state index in [1.807, 2.05) is 12.1 Å². The van der Waals surface area contributed by atoms with E-state index in [0.717, 1.165) is 18.4 Å². The third-order valence-electron chi connectivity index (χ3n) is 6.20. The van der Waals surface area contributed by atoms with E-state index in [1.54, 1.807) is 31.2 Å². The molecule has 0 saturated heterocycles. The highest BCUT2D eigenvalue weighted by Crippen LogP contribution is 2.31. The molecule has 2 aromatic carbocycles. The van der Waals surface area contributed by atoms with Crippen LogP contribution in [0.25, 0.3) is 22.4 Å². The Morgan fingerprint density at radius 1 is 1.00 bits per heavy atom. The average molecular weight is 579 g/mol. The molecule has 0 bridgehead atoms. The van der Waals surface area contributed by atoms with Gasteiger partial charge < -0.3 is 21.1 Å². The second-order valence-corrected chi connectivity index (χ2v) is 10.0. The topological polar surface area (TPSA) is 138 Å². The van der Waals surface area contributed by atoms with Crippen molar-refractivity contribution in [2.45, 2.75) is 32.4 Å². The Labute approximate surface area is 239 Å². The van der Waals surface area contributed by atoms with Crippen LogP contribution >= 0.6 is 23.2 Å². The van der Waals surface area contributed by atoms with Gasteiger partial charge in [-0.05, 0) is 61.2 Å². The van der Waals surface area contributed by atoms with Crippen molar-refractivity contribution in [3.05, 3.63) is 86.9 Å². The molecule has 1 fully saturated rings. The molecule has 0 aliphatic heterocycles. The minimum atomic E-state index is -0.725. The van der Waals surface area contributed by atoms with E-state index in [0.29, 0.717) is 22.4 Å². The number of rotatable bonds is 7. The number of nitrogens with zero attached hydrogens (tertiary/aromatic N) is 3. The monoisotopic (exact) mass is 578 g/mol. The minimum absolute atomic E-state index is 0.00700. The predicted octanol–water partition coefficient (Wildman–Crippen LogP) is 5.54. The number of anilines is 2. The number of aromatic nitrogens is 3. The molecule has 204 valence electrons. The second kappa shape index (κ2) is 11.4. The van der Waals surface area contributed by atoms with Gasteiger partial charge in [-0.3, -0.25) is 14.6 Å². The molecule has 0 unspecified atom stereocenters. The molecule has 0 radical (unpaired) electrons. The molecule has 1 aliphatic carbocycles. The van der Waals surface area contributed by atoms with Crippen LogP contribution in [0.15, 0.2) is 65.7 Å². The highest BCUT2D eigenvalue weighted by Gasteiger charge is 2.24. The number of phenols is 1. The molecule has 1 saturated carbocycles. The third kappa shape index (κ3) is 6.08. The molecule has 5 rings (SSSR count). The Kier molecular flexibility index (Phi) is 7.72. The molecule has 0 atom stereocenters. The SMILES string of the molecule is CCn1nc(-c2cccc(-c3cc(O)cc(C(=O)NC4CC4)c3)c2)cc(NC(=O)Nc2c(Cl)cncc2Cl)c1=O. The fraction of sp³-hybridized carbons (Fsp3) is 0.179. The largest absolute Gasteiger partial charge is 0.508 e. The Bertz CT molecular complexity index is 1670. The number of carbonyl (C=O) groups is 2. The van der Waals surface area contributed by atoms with Crippen molar-refractivity contribution in [1.29, 1.82) is 0 Å². The average Bonchev–Trinajstić information content (AvgIpc) is 3.75. The van der Waals surface area contributed by atoms with E-state index >= 15 is 0 Å². The molecule has 10 nitrogen and oxygen atoms in total. The maximum atomic E-state index is 12.9. The lowest BCUT2D eigenvalue weighted by molar-refractivity contribution is 0.0950. The smallest absolute Gasteiger partial charge is 0.323 e. The van der Waals surface area contributed by atoms with Gasteiger partial charge in [0, 0.05) is 36.1 Å². The third-order valence-corrected chi connectivity index (χ3v) is 6.77. The molecule has 12 heteroatoms. The number of phenolic OH excluding ortho intramolecular Hbond substituents is 1. The first-order valence-electron chi connectivity index (χ1n) is 12.5. The minimum Gasteiger partial charge on any atom is -0.508 e. The van der Waals surface area contributed by atoms with Crippen molar-refractivity contribution in [1.82, 2.24) is 20.1 Å². The van der Waals surface area contributed by atoms with Crippen molar-refractivity contribution in [2.75, 3.05) is 10.6 Å². The lowest BCUT2D eigenvalue weighted by atomic mass is 9.99. The molecule has 2 aromatic heterocycles. The van der Waals surface area contributed by atoms with Crippen molar-refractivity contribution < 1.29 is 14.7 Å². The van der Waals surface area contributed by atoms with Crippen LogP contribution in [0.5, 0.6) is 5.75 Å². The first kappa shape index (κ1) is 27.2. The zero-order chi connectivity index (χ0) is 28.4. The summed E-state index contributed by atoms with van der Waals surface area (Å²) in [5, 5.41) is 23.0. The summed E-state index contributed by atoms with van der Waals surface area (Å²) in [6.07, 6.45) is 4.57. The number of nitrogens with one attached hydrogen (secondary N) is 3. The van der Waals surface area contributed by atoms with E-state index in [2.05, 4.69) is 26.0 Å². The van der Waals surface area contributed by atoms with E-state index in [9.17, 15) is 19.5 Å². The van der Waals surface area contributed by atoms with Crippen LogP contribution in [0.2, 0.25) is 10.0 Å². The van der Waals surface area contributed by atoms with Gasteiger partial charge in [-0.15, -0.1) is 0 Å². The zero-order valence-corrected chi connectivity index (χ0v) is 22.8. The molecule has 3 amide bonds. The molecule has 40 heavy (non-hydrogen) atoms. The summed E-state index contributed by atoms with van der Waals surface area (Å²) in [6, 6.07) is 12.9. The number of amides is 3. The number of hydrogen-bond acceptors (Lipinski definition) is 6. The van der Waals surface area contributed by atoms with Gasteiger partial charge in [0.25, 0.3) is 11.5 Å². The van der Waals surface area contributed by atoms with Crippen molar-refractivity contribution in [3.8, 4) is 28.1 Å². The highest BCUT2D eigenvalue weighted by molar-refractivity contribution is 6.39. The summed E-state index contributed by atoms with van der Waals surface area (Å²) in [5.74, 6) is -0.274. The Morgan fingerprint density at radius 2 is 1.73 bits per heavy atom. The van der Waals surface area contributed by atoms with Gasteiger partial charge in [0.05, 0.1) is 21.4 Å². The van der Waals surface area contributed by atoms with Crippen molar-refractivity contribution >= 4 is 46.5 Å². The number of hydrogen-bond donors (Lipinski definition) is 4. The second-order valence-electron chi connectivity index (χ2n) is 9.22. The lowest BCUT2D eigenvalue weighted by Crippen LogP contribution is -2.29. The van der Waals surface area contributed by atoms with Gasteiger partial charge >= 0.3 is 6.03 Å². The van der Waals surface area contributed by atoms with Gasteiger partial charge in [-0.1, -0.05) is 41.4 Å². The Morgan fingerprint density at radius 3 is 2.42 bits per heavy atom. The molecular formula is C28H24Cl2N6O4. The van der Waals surface area contributed by atoms with Crippen molar-refractivity contribution in [2.24, 2.45) is 0 Å². The van der Waals surface area contributed by atoms with Crippen LogP contribution in [0.4, 0.5) is 16.2 Å². The maximum Gasteiger partial charge on any atom is 0.323 e. The van der Waals surface area contributed by atoms with Crippen LogP contribution in [0, 0.1) is 0 Å². The molecule has 4 aromatic rings. The van der Waals surface area contributed by atoms with Crippen LogP contribution in [-0.4, -0.2) is 37.9 Å². The van der Waals surface area contributed by atoms with Crippen LogP contribution in [-0.2, 0) is 6.54 Å². The summed E-state index contributed by atoms with van der Waals surface area (Å²) in [4.78, 5) is 42.1. The number of urea groups is 1. The summed E-state index contributed by atoms with van der Waals surface area (Å²) in [5.41, 5.74) is 2.44. The van der Waals surface area contributed by atoms with E-state index in [1.165, 1.54) is 29.2 Å². The zero-order valence-electron chi connectivity index (χ0n) is 21.2.